The van der Waals surface area contributed by atoms with E-state index in [2.05, 4.69) is 44.3 Å². The first-order valence-corrected chi connectivity index (χ1v) is 9.71. The molecule has 0 saturated heterocycles. The Hall–Kier alpha value is -1.45. The average Bonchev–Trinajstić information content (AvgIpc) is 2.55. The number of carbonyl (C=O) groups excluding carboxylic acids is 1. The molecule has 0 aliphatic rings. The van der Waals surface area contributed by atoms with Crippen LogP contribution in [0.3, 0.4) is 0 Å². The van der Waals surface area contributed by atoms with Crippen LogP contribution in [0.25, 0.3) is 0 Å². The lowest BCUT2D eigenvalue weighted by Crippen LogP contribution is -2.29. The first kappa shape index (κ1) is 18.9. The SMILES string of the molecule is CC[C@H](NC(=O)CSCc1cccc(Cl)c1)c1ccc(C)c(C)c1. The van der Waals surface area contributed by atoms with Crippen molar-refractivity contribution in [3.05, 3.63) is 69.7 Å². The van der Waals surface area contributed by atoms with Gasteiger partial charge in [-0.3, -0.25) is 4.79 Å². The van der Waals surface area contributed by atoms with Gasteiger partial charge in [0.1, 0.15) is 0 Å². The predicted octanol–water partition coefficient (Wildman–Crippen LogP) is 5.46. The number of amides is 1. The van der Waals surface area contributed by atoms with Crippen molar-refractivity contribution in [1.29, 1.82) is 0 Å². The van der Waals surface area contributed by atoms with Gasteiger partial charge in [0.15, 0.2) is 0 Å². The number of hydrogen-bond donors (Lipinski definition) is 1. The summed E-state index contributed by atoms with van der Waals surface area (Å²) in [4.78, 5) is 12.2. The van der Waals surface area contributed by atoms with Crippen molar-refractivity contribution in [2.75, 3.05) is 5.75 Å². The van der Waals surface area contributed by atoms with Crippen LogP contribution in [0.2, 0.25) is 5.02 Å². The normalized spacial score (nSPS) is 12.0. The van der Waals surface area contributed by atoms with Crippen LogP contribution in [0.1, 0.15) is 41.6 Å². The van der Waals surface area contributed by atoms with Crippen LogP contribution in [0, 0.1) is 13.8 Å². The predicted molar refractivity (Wildman–Crippen MR) is 105 cm³/mol. The molecule has 2 aromatic rings. The molecule has 2 aromatic carbocycles. The lowest BCUT2D eigenvalue weighted by molar-refractivity contribution is -0.119. The summed E-state index contributed by atoms with van der Waals surface area (Å²) >= 11 is 7.58. The third-order valence-electron chi connectivity index (χ3n) is 4.07. The third-order valence-corrected chi connectivity index (χ3v) is 5.31. The molecule has 0 saturated carbocycles. The molecule has 0 unspecified atom stereocenters. The standard InChI is InChI=1S/C20H24ClNOS/c1-4-19(17-9-8-14(2)15(3)10-17)22-20(23)13-24-12-16-6-5-7-18(21)11-16/h5-11,19H,4,12-13H2,1-3H3,(H,22,23)/t19-/m0/s1. The number of aryl methyl sites for hydroxylation is 2. The maximum absolute atomic E-state index is 12.2. The Morgan fingerprint density at radius 3 is 2.62 bits per heavy atom. The first-order chi connectivity index (χ1) is 11.5. The molecule has 0 fully saturated rings. The molecule has 0 spiro atoms. The van der Waals surface area contributed by atoms with E-state index in [1.165, 1.54) is 16.7 Å². The van der Waals surface area contributed by atoms with Crippen molar-refractivity contribution < 1.29 is 4.79 Å². The van der Waals surface area contributed by atoms with Gasteiger partial charge in [-0.1, -0.05) is 48.9 Å². The quantitative estimate of drug-likeness (QED) is 0.709. The summed E-state index contributed by atoms with van der Waals surface area (Å²) in [6.45, 7) is 6.30. The fourth-order valence-electron chi connectivity index (χ4n) is 2.53. The molecule has 0 aliphatic heterocycles. The highest BCUT2D eigenvalue weighted by Crippen LogP contribution is 2.21. The van der Waals surface area contributed by atoms with Gasteiger partial charge in [0.25, 0.3) is 0 Å². The Bertz CT molecular complexity index is 702. The Labute approximate surface area is 154 Å². The van der Waals surface area contributed by atoms with Crippen molar-refractivity contribution in [2.24, 2.45) is 0 Å². The summed E-state index contributed by atoms with van der Waals surface area (Å²) in [6, 6.07) is 14.2. The minimum absolute atomic E-state index is 0.0727. The Balaban J connectivity index is 1.86. The number of carbonyl (C=O) groups is 1. The van der Waals surface area contributed by atoms with Crippen LogP contribution in [0.15, 0.2) is 42.5 Å². The molecule has 0 radical (unpaired) electrons. The van der Waals surface area contributed by atoms with E-state index in [4.69, 9.17) is 11.6 Å². The molecule has 4 heteroatoms. The Morgan fingerprint density at radius 2 is 1.96 bits per heavy atom. The summed E-state index contributed by atoms with van der Waals surface area (Å²) in [5, 5.41) is 3.88. The van der Waals surface area contributed by atoms with E-state index in [1.54, 1.807) is 11.8 Å². The number of rotatable bonds is 7. The lowest BCUT2D eigenvalue weighted by Gasteiger charge is -2.18. The molecule has 24 heavy (non-hydrogen) atoms. The zero-order valence-corrected chi connectivity index (χ0v) is 16.0. The van der Waals surface area contributed by atoms with Gasteiger partial charge in [0.05, 0.1) is 11.8 Å². The van der Waals surface area contributed by atoms with Crippen LogP contribution >= 0.6 is 23.4 Å². The van der Waals surface area contributed by atoms with E-state index in [-0.39, 0.29) is 11.9 Å². The largest absolute Gasteiger partial charge is 0.349 e. The van der Waals surface area contributed by atoms with Crippen LogP contribution in [-0.4, -0.2) is 11.7 Å². The van der Waals surface area contributed by atoms with E-state index in [0.29, 0.717) is 5.75 Å². The third kappa shape index (κ3) is 5.57. The van der Waals surface area contributed by atoms with Crippen LogP contribution in [-0.2, 0) is 10.5 Å². The number of benzene rings is 2. The number of nitrogens with one attached hydrogen (secondary N) is 1. The fraction of sp³-hybridized carbons (Fsp3) is 0.350. The molecule has 2 rings (SSSR count). The number of halogens is 1. The van der Waals surface area contributed by atoms with Crippen molar-refractivity contribution in [1.82, 2.24) is 5.32 Å². The zero-order valence-electron chi connectivity index (χ0n) is 14.4. The Kier molecular flexibility index (Phi) is 7.19. The highest BCUT2D eigenvalue weighted by atomic mass is 35.5. The minimum atomic E-state index is 0.0727. The van der Waals surface area contributed by atoms with Gasteiger partial charge in [0.2, 0.25) is 5.91 Å². The molecule has 1 atom stereocenters. The van der Waals surface area contributed by atoms with Gasteiger partial charge in [-0.25, -0.2) is 0 Å². The molecule has 0 aromatic heterocycles. The van der Waals surface area contributed by atoms with Gasteiger partial charge in [0, 0.05) is 10.8 Å². The molecular weight excluding hydrogens is 338 g/mol. The van der Waals surface area contributed by atoms with Gasteiger partial charge < -0.3 is 5.32 Å². The van der Waals surface area contributed by atoms with Crippen molar-refractivity contribution in [2.45, 2.75) is 39.0 Å². The molecular formula is C20H24ClNOS. The number of hydrogen-bond acceptors (Lipinski definition) is 2. The van der Waals surface area contributed by atoms with Gasteiger partial charge in [-0.2, -0.15) is 0 Å². The van der Waals surface area contributed by atoms with Gasteiger partial charge in [-0.05, 0) is 54.7 Å². The first-order valence-electron chi connectivity index (χ1n) is 8.18. The van der Waals surface area contributed by atoms with E-state index in [0.717, 1.165) is 22.8 Å². The van der Waals surface area contributed by atoms with E-state index < -0.39 is 0 Å². The van der Waals surface area contributed by atoms with Crippen LogP contribution in [0.5, 0.6) is 0 Å². The average molecular weight is 362 g/mol. The summed E-state index contributed by atoms with van der Waals surface area (Å²) in [5.41, 5.74) is 4.85. The van der Waals surface area contributed by atoms with Crippen molar-refractivity contribution in [3.8, 4) is 0 Å². The van der Waals surface area contributed by atoms with E-state index in [9.17, 15) is 4.79 Å². The topological polar surface area (TPSA) is 29.1 Å². The highest BCUT2D eigenvalue weighted by molar-refractivity contribution is 7.99. The maximum atomic E-state index is 12.2. The van der Waals surface area contributed by atoms with E-state index in [1.807, 2.05) is 24.3 Å². The monoisotopic (exact) mass is 361 g/mol. The second kappa shape index (κ2) is 9.14. The second-order valence-corrected chi connectivity index (χ2v) is 7.42. The maximum Gasteiger partial charge on any atom is 0.230 e. The second-order valence-electron chi connectivity index (χ2n) is 5.99. The van der Waals surface area contributed by atoms with Crippen LogP contribution in [0.4, 0.5) is 0 Å². The Morgan fingerprint density at radius 1 is 1.17 bits per heavy atom. The number of thioether (sulfide) groups is 1. The molecule has 128 valence electrons. The molecule has 1 N–H and O–H groups in total. The lowest BCUT2D eigenvalue weighted by atomic mass is 9.99. The molecule has 0 aliphatic carbocycles. The summed E-state index contributed by atoms with van der Waals surface area (Å²) in [7, 11) is 0. The summed E-state index contributed by atoms with van der Waals surface area (Å²) in [6.07, 6.45) is 0.882. The van der Waals surface area contributed by atoms with Gasteiger partial charge >= 0.3 is 0 Å². The molecule has 2 nitrogen and oxygen atoms in total. The zero-order chi connectivity index (χ0) is 17.5. The smallest absolute Gasteiger partial charge is 0.230 e. The fourth-order valence-corrected chi connectivity index (χ4v) is 3.53. The van der Waals surface area contributed by atoms with Crippen molar-refractivity contribution in [3.63, 3.8) is 0 Å². The summed E-state index contributed by atoms with van der Waals surface area (Å²) < 4.78 is 0. The molecule has 0 bridgehead atoms. The van der Waals surface area contributed by atoms with E-state index >= 15 is 0 Å². The van der Waals surface area contributed by atoms with Gasteiger partial charge in [-0.15, -0.1) is 11.8 Å². The summed E-state index contributed by atoms with van der Waals surface area (Å²) in [5.74, 6) is 1.31. The van der Waals surface area contributed by atoms with Crippen molar-refractivity contribution >= 4 is 29.3 Å². The molecule has 0 heterocycles. The molecule has 1 amide bonds. The van der Waals surface area contributed by atoms with Crippen LogP contribution < -0.4 is 5.32 Å². The highest BCUT2D eigenvalue weighted by Gasteiger charge is 2.13. The minimum Gasteiger partial charge on any atom is -0.349 e.